The van der Waals surface area contributed by atoms with Crippen LogP contribution in [0.25, 0.3) is 11.3 Å². The Morgan fingerprint density at radius 1 is 1.16 bits per heavy atom. The molecule has 3 saturated heterocycles. The second kappa shape index (κ2) is 10.9. The number of carbonyl (C=O) groups excluding carboxylic acids is 2. The van der Waals surface area contributed by atoms with Crippen LogP contribution in [0.4, 0.5) is 5.13 Å². The first-order chi connectivity index (χ1) is 18.1. The minimum Gasteiger partial charge on any atom is -0.370 e. The molecule has 0 spiro atoms. The first kappa shape index (κ1) is 27.0. The molecule has 206 valence electrons. The highest BCUT2D eigenvalue weighted by Crippen LogP contribution is 2.35. The van der Waals surface area contributed by atoms with Gasteiger partial charge in [-0.25, -0.2) is 4.98 Å². The van der Waals surface area contributed by atoms with Gasteiger partial charge < -0.3 is 35.0 Å². The summed E-state index contributed by atoms with van der Waals surface area (Å²) >= 11 is 1.63. The molecule has 0 aliphatic carbocycles. The number of fused-ring (bicyclic) bond motifs is 1. The Morgan fingerprint density at radius 2 is 1.87 bits per heavy atom. The fourth-order valence-corrected chi connectivity index (χ4v) is 6.40. The Bertz CT molecular complexity index is 1140. The van der Waals surface area contributed by atoms with E-state index in [9.17, 15) is 19.8 Å². The average molecular weight is 544 g/mol. The molecule has 38 heavy (non-hydrogen) atoms. The molecule has 0 saturated carbocycles. The van der Waals surface area contributed by atoms with Gasteiger partial charge in [-0.3, -0.25) is 9.59 Å². The van der Waals surface area contributed by atoms with Crippen molar-refractivity contribution in [3.05, 3.63) is 35.2 Å². The number of thiazole rings is 1. The third-order valence-corrected chi connectivity index (χ3v) is 8.53. The minimum absolute atomic E-state index is 0.150. The van der Waals surface area contributed by atoms with Crippen molar-refractivity contribution < 1.29 is 24.5 Å². The zero-order valence-electron chi connectivity index (χ0n) is 22.2. The molecule has 0 radical (unpaired) electrons. The topological polar surface area (TPSA) is 118 Å². The lowest BCUT2D eigenvalue weighted by Gasteiger charge is -2.33. The fraction of sp³-hybridized carbons (Fsp3) is 0.593. The molecule has 1 aromatic heterocycles. The monoisotopic (exact) mass is 543 g/mol. The van der Waals surface area contributed by atoms with E-state index in [0.29, 0.717) is 24.9 Å². The van der Waals surface area contributed by atoms with Gasteiger partial charge in [-0.2, -0.15) is 0 Å². The van der Waals surface area contributed by atoms with E-state index in [1.807, 2.05) is 31.4 Å². The van der Waals surface area contributed by atoms with Gasteiger partial charge in [-0.05, 0) is 37.9 Å². The van der Waals surface area contributed by atoms with Crippen molar-refractivity contribution >= 4 is 28.3 Å². The molecule has 4 heterocycles. The van der Waals surface area contributed by atoms with E-state index in [4.69, 9.17) is 9.72 Å². The molecular formula is C27H37N5O5S. The Kier molecular flexibility index (Phi) is 7.74. The third kappa shape index (κ3) is 5.57. The van der Waals surface area contributed by atoms with Crippen LogP contribution in [-0.4, -0.2) is 107 Å². The first-order valence-electron chi connectivity index (χ1n) is 13.3. The minimum atomic E-state index is -2.08. The van der Waals surface area contributed by atoms with Gasteiger partial charge >= 0.3 is 0 Å². The summed E-state index contributed by atoms with van der Waals surface area (Å²) in [5.74, 6) is -2.59. The van der Waals surface area contributed by atoms with Crippen molar-refractivity contribution in [1.82, 2.24) is 20.1 Å². The number of aromatic nitrogens is 1. The van der Waals surface area contributed by atoms with E-state index in [2.05, 4.69) is 22.2 Å². The number of aliphatic hydroxyl groups is 2. The van der Waals surface area contributed by atoms with Gasteiger partial charge in [0.1, 0.15) is 18.7 Å². The molecule has 5 rings (SSSR count). The van der Waals surface area contributed by atoms with Crippen LogP contribution in [0, 0.1) is 5.92 Å². The number of likely N-dealkylation sites (tertiary alicyclic amines) is 1. The molecule has 2 aromatic rings. The summed E-state index contributed by atoms with van der Waals surface area (Å²) in [7, 11) is 2.13. The number of rotatable bonds is 7. The van der Waals surface area contributed by atoms with Crippen molar-refractivity contribution in [3.63, 3.8) is 0 Å². The van der Waals surface area contributed by atoms with Crippen molar-refractivity contribution in [2.75, 3.05) is 51.3 Å². The molecule has 0 bridgehead atoms. The number of hydrogen-bond donors (Lipinski definition) is 3. The zero-order chi connectivity index (χ0) is 27.0. The van der Waals surface area contributed by atoms with E-state index < -0.39 is 24.0 Å². The average Bonchev–Trinajstić information content (AvgIpc) is 3.61. The number of anilines is 1. The molecule has 3 fully saturated rings. The summed E-state index contributed by atoms with van der Waals surface area (Å²) in [6.45, 7) is 8.07. The molecule has 1 aromatic carbocycles. The molecule has 3 aliphatic rings. The second-order valence-corrected chi connectivity index (χ2v) is 11.9. The molecule has 3 atom stereocenters. The largest absolute Gasteiger partial charge is 0.370 e. The van der Waals surface area contributed by atoms with Crippen LogP contribution in [0.5, 0.6) is 0 Å². The Labute approximate surface area is 227 Å². The number of nitrogens with one attached hydrogen (secondary N) is 1. The second-order valence-electron chi connectivity index (χ2n) is 11.0. The summed E-state index contributed by atoms with van der Waals surface area (Å²) in [6.07, 6.45) is 0.574. The number of benzene rings is 1. The molecule has 2 amide bonds. The fourth-order valence-electron chi connectivity index (χ4n) is 5.51. The number of nitrogens with zero attached hydrogens (tertiary/aromatic N) is 4. The maximum Gasteiger partial charge on any atom is 0.251 e. The van der Waals surface area contributed by atoms with Gasteiger partial charge in [0.15, 0.2) is 5.13 Å². The van der Waals surface area contributed by atoms with Crippen LogP contribution in [0.1, 0.15) is 37.0 Å². The molecule has 11 heteroatoms. The van der Waals surface area contributed by atoms with Gasteiger partial charge in [0.2, 0.25) is 11.7 Å². The SMILES string of the molecule is CC(C)C[C@H](NC(=O)c1ccc(-c2csc(N3CCN(C)CC3)n2)cc1)C(=O)N1CC[C@H]2OCC(O)(O)[C@H]21. The maximum atomic E-state index is 13.5. The number of carbonyl (C=O) groups is 2. The molecule has 0 unspecified atom stereocenters. The van der Waals surface area contributed by atoms with Gasteiger partial charge in [-0.15, -0.1) is 11.3 Å². The Morgan fingerprint density at radius 3 is 2.55 bits per heavy atom. The smallest absolute Gasteiger partial charge is 0.251 e. The van der Waals surface area contributed by atoms with Gasteiger partial charge in [0.25, 0.3) is 5.91 Å². The lowest BCUT2D eigenvalue weighted by atomic mass is 10.00. The summed E-state index contributed by atoms with van der Waals surface area (Å²) in [5, 5.41) is 26.7. The van der Waals surface area contributed by atoms with Crippen molar-refractivity contribution in [2.45, 2.75) is 50.7 Å². The van der Waals surface area contributed by atoms with Crippen LogP contribution in [0.2, 0.25) is 0 Å². The standard InChI is InChI=1S/C27H37N5O5S/c1-17(2)14-20(25(34)32-9-8-22-23(32)27(35,36)16-37-22)28-24(33)19-6-4-18(5-7-19)21-15-38-26(29-21)31-12-10-30(3)11-13-31/h4-7,15,17,20,22-23,35-36H,8-14,16H2,1-3H3,(H,28,33)/t20-,22+,23-/m0/s1. The lowest BCUT2D eigenvalue weighted by Crippen LogP contribution is -2.57. The van der Waals surface area contributed by atoms with Crippen LogP contribution < -0.4 is 10.2 Å². The number of ether oxygens (including phenoxy) is 1. The highest BCUT2D eigenvalue weighted by molar-refractivity contribution is 7.14. The van der Waals surface area contributed by atoms with E-state index in [-0.39, 0.29) is 24.3 Å². The van der Waals surface area contributed by atoms with Gasteiger partial charge in [0.05, 0.1) is 11.8 Å². The first-order valence-corrected chi connectivity index (χ1v) is 14.2. The third-order valence-electron chi connectivity index (χ3n) is 7.63. The molecular weight excluding hydrogens is 506 g/mol. The summed E-state index contributed by atoms with van der Waals surface area (Å²) in [4.78, 5) is 37.6. The van der Waals surface area contributed by atoms with Gasteiger partial charge in [-0.1, -0.05) is 26.0 Å². The summed E-state index contributed by atoms with van der Waals surface area (Å²) < 4.78 is 5.48. The van der Waals surface area contributed by atoms with E-state index in [1.54, 1.807) is 23.5 Å². The molecule has 3 aliphatic heterocycles. The number of piperazine rings is 1. The van der Waals surface area contributed by atoms with Crippen LogP contribution in [-0.2, 0) is 9.53 Å². The van der Waals surface area contributed by atoms with Crippen molar-refractivity contribution in [3.8, 4) is 11.3 Å². The zero-order valence-corrected chi connectivity index (χ0v) is 23.0. The maximum absolute atomic E-state index is 13.5. The quantitative estimate of drug-likeness (QED) is 0.449. The Hall–Kier alpha value is -2.57. The summed E-state index contributed by atoms with van der Waals surface area (Å²) in [6, 6.07) is 5.66. The molecule has 3 N–H and O–H groups in total. The molecule has 10 nitrogen and oxygen atoms in total. The highest BCUT2D eigenvalue weighted by atomic mass is 32.1. The van der Waals surface area contributed by atoms with E-state index in [0.717, 1.165) is 42.6 Å². The summed E-state index contributed by atoms with van der Waals surface area (Å²) in [5.41, 5.74) is 2.26. The normalized spacial score (nSPS) is 24.1. The van der Waals surface area contributed by atoms with Crippen molar-refractivity contribution in [2.24, 2.45) is 5.92 Å². The number of likely N-dealkylation sites (N-methyl/N-ethyl adjacent to an activating group) is 1. The van der Waals surface area contributed by atoms with Gasteiger partial charge in [0, 0.05) is 49.2 Å². The van der Waals surface area contributed by atoms with E-state index >= 15 is 0 Å². The predicted octanol–water partition coefficient (Wildman–Crippen LogP) is 1.39. The highest BCUT2D eigenvalue weighted by Gasteiger charge is 2.56. The van der Waals surface area contributed by atoms with E-state index in [1.165, 1.54) is 4.90 Å². The number of amides is 2. The van der Waals surface area contributed by atoms with Crippen LogP contribution in [0.3, 0.4) is 0 Å². The number of hydrogen-bond acceptors (Lipinski definition) is 9. The van der Waals surface area contributed by atoms with Crippen LogP contribution >= 0.6 is 11.3 Å². The van der Waals surface area contributed by atoms with Crippen LogP contribution in [0.15, 0.2) is 29.6 Å². The Balaban J connectivity index is 1.25. The van der Waals surface area contributed by atoms with Crippen molar-refractivity contribution in [1.29, 1.82) is 0 Å². The predicted molar refractivity (Wildman–Crippen MR) is 145 cm³/mol. The lowest BCUT2D eigenvalue weighted by molar-refractivity contribution is -0.190.